The molecule has 1 aromatic carbocycles. The number of para-hydroxylation sites is 1. The molecule has 2 aliphatic carbocycles. The van der Waals surface area contributed by atoms with Crippen LogP contribution < -0.4 is 20.1 Å². The summed E-state index contributed by atoms with van der Waals surface area (Å²) in [5, 5.41) is 16.9. The molecular formula is C38H45ClN6O8. The second-order valence-electron chi connectivity index (χ2n) is 14.4. The van der Waals surface area contributed by atoms with E-state index in [1.165, 1.54) is 4.90 Å². The Bertz CT molecular complexity index is 1850. The van der Waals surface area contributed by atoms with Crippen molar-refractivity contribution in [1.82, 2.24) is 30.1 Å². The van der Waals surface area contributed by atoms with Gasteiger partial charge < -0.3 is 39.4 Å². The molecule has 0 radical (unpaired) electrons. The van der Waals surface area contributed by atoms with E-state index in [1.54, 1.807) is 30.7 Å². The fourth-order valence-corrected chi connectivity index (χ4v) is 7.90. The third kappa shape index (κ3) is 8.53. The molecule has 3 fully saturated rings. The lowest BCUT2D eigenvalue weighted by Crippen LogP contribution is -2.53. The number of carbonyl (C=O) groups excluding carboxylic acids is 3. The Morgan fingerprint density at radius 2 is 1.94 bits per heavy atom. The molecular weight excluding hydrogens is 704 g/mol. The molecule has 15 heteroatoms. The van der Waals surface area contributed by atoms with Crippen LogP contribution in [0.1, 0.15) is 70.6 Å². The minimum absolute atomic E-state index is 0.0541. The van der Waals surface area contributed by atoms with Crippen LogP contribution in [0.5, 0.6) is 11.6 Å². The predicted molar refractivity (Wildman–Crippen MR) is 194 cm³/mol. The zero-order valence-corrected chi connectivity index (χ0v) is 30.2. The Labute approximate surface area is 312 Å². The van der Waals surface area contributed by atoms with Gasteiger partial charge in [-0.3, -0.25) is 9.59 Å². The van der Waals surface area contributed by atoms with Crippen LogP contribution in [0.3, 0.4) is 0 Å². The first-order valence-corrected chi connectivity index (χ1v) is 18.9. The molecule has 3 N–H and O–H groups in total. The number of carboxylic acids is 1. The summed E-state index contributed by atoms with van der Waals surface area (Å²) in [6.45, 7) is 0.899. The van der Waals surface area contributed by atoms with Gasteiger partial charge in [0.15, 0.2) is 0 Å². The molecule has 4 aliphatic rings. The van der Waals surface area contributed by atoms with Crippen LogP contribution in [0, 0.1) is 5.92 Å². The second kappa shape index (κ2) is 16.0. The van der Waals surface area contributed by atoms with Crippen molar-refractivity contribution < 1.29 is 38.5 Å². The molecule has 282 valence electrons. The fraction of sp³-hybridized carbons (Fsp3) is 0.526. The van der Waals surface area contributed by atoms with Gasteiger partial charge in [0.2, 0.25) is 17.7 Å². The van der Waals surface area contributed by atoms with Gasteiger partial charge >= 0.3 is 12.1 Å². The van der Waals surface area contributed by atoms with E-state index >= 15 is 0 Å². The van der Waals surface area contributed by atoms with Crippen molar-refractivity contribution in [2.45, 2.75) is 107 Å². The highest BCUT2D eigenvalue weighted by molar-refractivity contribution is 6.35. The van der Waals surface area contributed by atoms with Crippen molar-refractivity contribution >= 4 is 46.4 Å². The largest absolute Gasteiger partial charge is 0.488 e. The number of amides is 3. The molecule has 0 spiro atoms. The number of benzene rings is 1. The highest BCUT2D eigenvalue weighted by Gasteiger charge is 2.61. The van der Waals surface area contributed by atoms with Gasteiger partial charge in [-0.2, -0.15) is 0 Å². The van der Waals surface area contributed by atoms with E-state index in [0.717, 1.165) is 38.5 Å². The molecule has 7 rings (SSSR count). The topological polar surface area (TPSA) is 174 Å². The van der Waals surface area contributed by atoms with Crippen molar-refractivity contribution in [2.24, 2.45) is 5.92 Å². The van der Waals surface area contributed by atoms with Gasteiger partial charge in [-0.25, -0.2) is 19.6 Å². The summed E-state index contributed by atoms with van der Waals surface area (Å²) in [6.07, 6.45) is 14.5. The third-order valence-corrected chi connectivity index (χ3v) is 11.0. The number of ether oxygens (including phenoxy) is 3. The standard InChI is InChI=1S/C38H45ClN6O8/c39-29-13-7-12-28-31(20-32(42-34(28)29)51-17-16-44-15-14-40-23-44)52-27-19-30-35(47)43-38(36(48)49)21-24(38)8-3-1-2-4-9-25(18-33(46)45(30)22-27)41-37(50)53-26-10-5-6-11-26/h3,7-8,12-15,20,23-27,30H,1-2,4-6,9-11,16-19,21-22H2,(H,41,50)(H,43,47)(H,48,49)/b8-3-/t24-,25-,27+,30-,38+/m0/s1. The number of nitrogens with zero attached hydrogens (tertiary/aromatic N) is 4. The van der Waals surface area contributed by atoms with E-state index in [1.807, 2.05) is 29.0 Å². The van der Waals surface area contributed by atoms with E-state index in [4.69, 9.17) is 25.8 Å². The Morgan fingerprint density at radius 1 is 1.11 bits per heavy atom. The Morgan fingerprint density at radius 3 is 2.74 bits per heavy atom. The van der Waals surface area contributed by atoms with Gasteiger partial charge in [-0.05, 0) is 63.5 Å². The molecule has 0 bridgehead atoms. The van der Waals surface area contributed by atoms with Crippen LogP contribution in [0.15, 0.2) is 55.1 Å². The summed E-state index contributed by atoms with van der Waals surface area (Å²) in [6, 6.07) is 5.47. The lowest BCUT2D eigenvalue weighted by Gasteiger charge is -2.27. The van der Waals surface area contributed by atoms with Gasteiger partial charge in [0.05, 0.1) is 30.0 Å². The monoisotopic (exact) mass is 748 g/mol. The zero-order chi connectivity index (χ0) is 37.0. The van der Waals surface area contributed by atoms with Crippen molar-refractivity contribution in [1.29, 1.82) is 0 Å². The SMILES string of the molecule is O=C(N[C@H]1CCCC/C=C\[C@H]2C[C@@]2(C(=O)O)NC(=O)[C@@H]2C[C@@H](Oc3cc(OCCn4ccnc4)nc4c(Cl)cccc34)CN2C(=O)C1)OC1CCCC1. The first-order valence-electron chi connectivity index (χ1n) is 18.5. The Hall–Kier alpha value is -4.85. The van der Waals surface area contributed by atoms with Crippen molar-refractivity contribution in [3.8, 4) is 11.6 Å². The van der Waals surface area contributed by atoms with Crippen LogP contribution in [0.25, 0.3) is 10.9 Å². The number of aliphatic carboxylic acids is 1. The fourth-order valence-electron chi connectivity index (χ4n) is 7.68. The number of allylic oxidation sites excluding steroid dienone is 1. The van der Waals surface area contributed by atoms with E-state index in [0.29, 0.717) is 47.7 Å². The molecule has 14 nitrogen and oxygen atoms in total. The van der Waals surface area contributed by atoms with E-state index < -0.39 is 41.7 Å². The van der Waals surface area contributed by atoms with Gasteiger partial charge in [0.1, 0.15) is 36.1 Å². The Kier molecular flexibility index (Phi) is 11.0. The number of alkyl carbamates (subject to hydrolysis) is 1. The zero-order valence-electron chi connectivity index (χ0n) is 29.5. The number of hydrogen-bond acceptors (Lipinski definition) is 9. The van der Waals surface area contributed by atoms with Crippen molar-refractivity contribution in [3.63, 3.8) is 0 Å². The number of carbonyl (C=O) groups is 4. The maximum absolute atomic E-state index is 14.2. The van der Waals surface area contributed by atoms with Crippen LogP contribution in [0.4, 0.5) is 4.79 Å². The third-order valence-electron chi connectivity index (χ3n) is 10.7. The average Bonchev–Trinajstić information content (AvgIpc) is 3.61. The number of carboxylic acid groups (broad SMARTS) is 1. The lowest BCUT2D eigenvalue weighted by molar-refractivity contribution is -0.145. The number of hydrogen-bond donors (Lipinski definition) is 3. The van der Waals surface area contributed by atoms with Gasteiger partial charge in [-0.1, -0.05) is 36.2 Å². The molecule has 3 amide bonds. The number of rotatable bonds is 9. The summed E-state index contributed by atoms with van der Waals surface area (Å²) >= 11 is 6.57. The number of nitrogens with one attached hydrogen (secondary N) is 2. The van der Waals surface area contributed by atoms with Crippen molar-refractivity contribution in [3.05, 3.63) is 60.2 Å². The number of aromatic nitrogens is 3. The lowest BCUT2D eigenvalue weighted by atomic mass is 10.0. The molecule has 5 atom stereocenters. The van der Waals surface area contributed by atoms with E-state index in [2.05, 4.69) is 20.6 Å². The van der Waals surface area contributed by atoms with Crippen LogP contribution in [-0.2, 0) is 25.7 Å². The normalized spacial score (nSPS) is 27.2. The first-order chi connectivity index (χ1) is 25.7. The molecule has 2 saturated carbocycles. The number of fused-ring (bicyclic) bond motifs is 3. The Balaban J connectivity index is 1.13. The molecule has 4 heterocycles. The van der Waals surface area contributed by atoms with Gasteiger partial charge in [0.25, 0.3) is 0 Å². The number of imidazole rings is 1. The summed E-state index contributed by atoms with van der Waals surface area (Å²) < 4.78 is 20.1. The predicted octanol–water partition coefficient (Wildman–Crippen LogP) is 5.03. The highest BCUT2D eigenvalue weighted by atomic mass is 35.5. The van der Waals surface area contributed by atoms with Crippen LogP contribution >= 0.6 is 11.6 Å². The van der Waals surface area contributed by atoms with Crippen LogP contribution in [0.2, 0.25) is 5.02 Å². The summed E-state index contributed by atoms with van der Waals surface area (Å²) in [5.74, 6) is -1.67. The second-order valence-corrected chi connectivity index (χ2v) is 14.8. The van der Waals surface area contributed by atoms with E-state index in [9.17, 15) is 24.3 Å². The van der Waals surface area contributed by atoms with E-state index in [-0.39, 0.29) is 49.6 Å². The minimum atomic E-state index is -1.43. The molecule has 2 aliphatic heterocycles. The highest BCUT2D eigenvalue weighted by Crippen LogP contribution is 2.45. The number of pyridine rings is 1. The smallest absolute Gasteiger partial charge is 0.407 e. The minimum Gasteiger partial charge on any atom is -0.488 e. The summed E-state index contributed by atoms with van der Waals surface area (Å²) in [7, 11) is 0. The molecule has 53 heavy (non-hydrogen) atoms. The summed E-state index contributed by atoms with van der Waals surface area (Å²) in [4.78, 5) is 63.7. The summed E-state index contributed by atoms with van der Waals surface area (Å²) in [5.41, 5.74) is -0.961. The molecule has 3 aromatic rings. The first kappa shape index (κ1) is 36.5. The quantitative estimate of drug-likeness (QED) is 0.252. The molecule has 1 saturated heterocycles. The maximum Gasteiger partial charge on any atom is 0.407 e. The molecule has 2 aromatic heterocycles. The van der Waals surface area contributed by atoms with Crippen LogP contribution in [-0.4, -0.2) is 91.4 Å². The van der Waals surface area contributed by atoms with Gasteiger partial charge in [0, 0.05) is 48.6 Å². The number of halogens is 1. The maximum atomic E-state index is 14.2. The average molecular weight is 749 g/mol. The van der Waals surface area contributed by atoms with Gasteiger partial charge in [-0.15, -0.1) is 0 Å². The molecule has 0 unspecified atom stereocenters. The van der Waals surface area contributed by atoms with Crippen molar-refractivity contribution in [2.75, 3.05) is 13.2 Å².